The molecule has 0 fully saturated rings. The van der Waals surface area contributed by atoms with E-state index in [0.29, 0.717) is 22.6 Å². The van der Waals surface area contributed by atoms with Crippen molar-refractivity contribution in [2.24, 2.45) is 0 Å². The van der Waals surface area contributed by atoms with Crippen molar-refractivity contribution in [3.63, 3.8) is 0 Å². The fourth-order valence-corrected chi connectivity index (χ4v) is 3.49. The van der Waals surface area contributed by atoms with Crippen molar-refractivity contribution >= 4 is 17.2 Å². The number of halogens is 1. The van der Waals surface area contributed by atoms with Crippen LogP contribution in [-0.4, -0.2) is 18.1 Å². The van der Waals surface area contributed by atoms with E-state index in [4.69, 9.17) is 4.74 Å². The zero-order chi connectivity index (χ0) is 19.7. The summed E-state index contributed by atoms with van der Waals surface area (Å²) in [5.41, 5.74) is 2.54. The van der Waals surface area contributed by atoms with Crippen LogP contribution in [0.1, 0.15) is 17.2 Å². The Bertz CT molecular complexity index is 1030. The van der Waals surface area contributed by atoms with Gasteiger partial charge in [0.2, 0.25) is 0 Å². The van der Waals surface area contributed by atoms with Gasteiger partial charge in [-0.1, -0.05) is 42.5 Å². The van der Waals surface area contributed by atoms with E-state index in [0.717, 1.165) is 5.56 Å². The smallest absolute Gasteiger partial charge is 0.294 e. The fourth-order valence-electron chi connectivity index (χ4n) is 3.49. The highest BCUT2D eigenvalue weighted by atomic mass is 19.1. The summed E-state index contributed by atoms with van der Waals surface area (Å²) in [5.74, 6) is -0.512. The number of anilines is 1. The maximum absolute atomic E-state index is 13.5. The lowest BCUT2D eigenvalue weighted by Crippen LogP contribution is -2.30. The minimum atomic E-state index is -0.580. The lowest BCUT2D eigenvalue weighted by molar-refractivity contribution is -0.117. The molecule has 28 heavy (non-hydrogen) atoms. The minimum absolute atomic E-state index is 0.309. The monoisotopic (exact) mass is 375 g/mol. The van der Waals surface area contributed by atoms with Crippen molar-refractivity contribution < 1.29 is 19.0 Å². The van der Waals surface area contributed by atoms with Crippen molar-refractivity contribution in [2.45, 2.75) is 6.04 Å². The van der Waals surface area contributed by atoms with Gasteiger partial charge in [0, 0.05) is 11.3 Å². The van der Waals surface area contributed by atoms with Crippen LogP contribution in [0, 0.1) is 5.82 Å². The van der Waals surface area contributed by atoms with Crippen LogP contribution in [-0.2, 0) is 4.79 Å². The maximum atomic E-state index is 13.5. The molecule has 4 nitrogen and oxygen atoms in total. The van der Waals surface area contributed by atoms with Gasteiger partial charge in [-0.15, -0.1) is 0 Å². The van der Waals surface area contributed by atoms with Gasteiger partial charge in [-0.25, -0.2) is 4.39 Å². The van der Waals surface area contributed by atoms with Crippen LogP contribution in [0.5, 0.6) is 5.75 Å². The van der Waals surface area contributed by atoms with Crippen LogP contribution in [0.4, 0.5) is 10.1 Å². The fraction of sp³-hybridized carbons (Fsp3) is 0.0870. The summed E-state index contributed by atoms with van der Waals surface area (Å²) in [6.45, 7) is 0. The summed E-state index contributed by atoms with van der Waals surface area (Å²) < 4.78 is 18.7. The topological polar surface area (TPSA) is 49.8 Å². The average Bonchev–Trinajstić information content (AvgIpc) is 3.00. The first-order valence-corrected chi connectivity index (χ1v) is 8.82. The van der Waals surface area contributed by atoms with E-state index in [9.17, 15) is 14.3 Å². The number of carbonyl (C=O) groups is 1. The summed E-state index contributed by atoms with van der Waals surface area (Å²) >= 11 is 0. The van der Waals surface area contributed by atoms with Crippen LogP contribution in [0.3, 0.4) is 0 Å². The minimum Gasteiger partial charge on any atom is -0.503 e. The Balaban J connectivity index is 1.87. The van der Waals surface area contributed by atoms with Crippen molar-refractivity contribution in [1.82, 2.24) is 0 Å². The van der Waals surface area contributed by atoms with E-state index in [1.807, 2.05) is 30.3 Å². The number of ether oxygens (including phenoxy) is 1. The molecule has 0 unspecified atom stereocenters. The summed E-state index contributed by atoms with van der Waals surface area (Å²) in [6, 6.07) is 21.6. The number of aliphatic hydroxyl groups excluding tert-OH is 1. The van der Waals surface area contributed by atoms with Gasteiger partial charge >= 0.3 is 0 Å². The van der Waals surface area contributed by atoms with Crippen molar-refractivity contribution in [3.05, 3.63) is 102 Å². The molecule has 0 saturated heterocycles. The van der Waals surface area contributed by atoms with Gasteiger partial charge in [0.15, 0.2) is 5.76 Å². The van der Waals surface area contributed by atoms with Gasteiger partial charge in [-0.2, -0.15) is 0 Å². The van der Waals surface area contributed by atoms with Gasteiger partial charge in [0.25, 0.3) is 5.91 Å². The molecule has 5 heteroatoms. The molecule has 3 aromatic rings. The lowest BCUT2D eigenvalue weighted by atomic mass is 9.93. The first-order valence-electron chi connectivity index (χ1n) is 8.82. The van der Waals surface area contributed by atoms with Crippen LogP contribution < -0.4 is 9.64 Å². The van der Waals surface area contributed by atoms with E-state index < -0.39 is 11.9 Å². The third-order valence-corrected chi connectivity index (χ3v) is 4.83. The SMILES string of the molecule is COc1ccc(N2C(=O)C(O)=C(c3ccccc3)[C@H]2c2ccc(F)cc2)cc1. The molecule has 1 N–H and O–H groups in total. The van der Waals surface area contributed by atoms with Crippen LogP contribution >= 0.6 is 0 Å². The largest absolute Gasteiger partial charge is 0.503 e. The number of benzene rings is 3. The molecule has 0 aliphatic carbocycles. The van der Waals surface area contributed by atoms with Crippen LogP contribution in [0.2, 0.25) is 0 Å². The number of amides is 1. The van der Waals surface area contributed by atoms with E-state index in [1.165, 1.54) is 17.0 Å². The van der Waals surface area contributed by atoms with Gasteiger partial charge in [0.1, 0.15) is 11.6 Å². The number of methoxy groups -OCH3 is 1. The highest BCUT2D eigenvalue weighted by Crippen LogP contribution is 2.45. The zero-order valence-corrected chi connectivity index (χ0v) is 15.2. The number of nitrogens with zero attached hydrogens (tertiary/aromatic N) is 1. The molecule has 1 amide bonds. The van der Waals surface area contributed by atoms with E-state index >= 15 is 0 Å². The first kappa shape index (κ1) is 17.8. The molecule has 3 aromatic carbocycles. The predicted molar refractivity (Wildman–Crippen MR) is 106 cm³/mol. The third-order valence-electron chi connectivity index (χ3n) is 4.83. The van der Waals surface area contributed by atoms with Crippen molar-refractivity contribution in [1.29, 1.82) is 0 Å². The van der Waals surface area contributed by atoms with E-state index in [2.05, 4.69) is 0 Å². The molecule has 0 aromatic heterocycles. The number of hydrogen-bond donors (Lipinski definition) is 1. The third kappa shape index (κ3) is 3.01. The highest BCUT2D eigenvalue weighted by molar-refractivity contribution is 6.15. The molecule has 140 valence electrons. The zero-order valence-electron chi connectivity index (χ0n) is 15.2. The van der Waals surface area contributed by atoms with E-state index in [-0.39, 0.29) is 11.6 Å². The van der Waals surface area contributed by atoms with Gasteiger partial charge < -0.3 is 9.84 Å². The summed E-state index contributed by atoms with van der Waals surface area (Å²) in [4.78, 5) is 14.5. The Hall–Kier alpha value is -3.60. The first-order chi connectivity index (χ1) is 13.6. The Labute approximate surface area is 162 Å². The van der Waals surface area contributed by atoms with Gasteiger partial charge in [-0.3, -0.25) is 9.69 Å². The molecule has 0 saturated carbocycles. The number of hydrogen-bond acceptors (Lipinski definition) is 3. The molecule has 1 aliphatic rings. The Morgan fingerprint density at radius 3 is 2.18 bits per heavy atom. The number of rotatable bonds is 4. The summed E-state index contributed by atoms with van der Waals surface area (Å²) in [6.07, 6.45) is 0. The molecule has 1 heterocycles. The van der Waals surface area contributed by atoms with Gasteiger partial charge in [0.05, 0.1) is 13.2 Å². The number of aliphatic hydroxyl groups is 1. The molecule has 1 aliphatic heterocycles. The molecule has 0 radical (unpaired) electrons. The molecule has 4 rings (SSSR count). The molecular formula is C23H18FNO3. The van der Waals surface area contributed by atoms with Crippen LogP contribution in [0.25, 0.3) is 5.57 Å². The summed E-state index contributed by atoms with van der Waals surface area (Å²) in [7, 11) is 1.57. The van der Waals surface area contributed by atoms with E-state index in [1.54, 1.807) is 43.5 Å². The maximum Gasteiger partial charge on any atom is 0.294 e. The Morgan fingerprint density at radius 1 is 0.929 bits per heavy atom. The molecule has 1 atom stereocenters. The van der Waals surface area contributed by atoms with Gasteiger partial charge in [-0.05, 0) is 47.5 Å². The predicted octanol–water partition coefficient (Wildman–Crippen LogP) is 4.89. The van der Waals surface area contributed by atoms with Crippen molar-refractivity contribution in [2.75, 3.05) is 12.0 Å². The highest BCUT2D eigenvalue weighted by Gasteiger charge is 2.41. The molecular weight excluding hydrogens is 357 g/mol. The normalized spacial score (nSPS) is 16.6. The Kier molecular flexibility index (Phi) is 4.57. The molecule has 0 bridgehead atoms. The summed E-state index contributed by atoms with van der Waals surface area (Å²) in [5, 5.41) is 10.7. The quantitative estimate of drug-likeness (QED) is 0.706. The second kappa shape index (κ2) is 7.19. The average molecular weight is 375 g/mol. The lowest BCUT2D eigenvalue weighted by Gasteiger charge is -2.27. The standard InChI is InChI=1S/C23H18FNO3/c1-28-19-13-11-18(12-14-19)25-21(16-7-9-17(24)10-8-16)20(22(26)23(25)27)15-5-3-2-4-6-15/h2-14,21,26H,1H3/t21-/m1/s1. The second-order valence-corrected chi connectivity index (χ2v) is 6.46. The number of carbonyl (C=O) groups excluding carboxylic acids is 1. The van der Waals surface area contributed by atoms with Crippen molar-refractivity contribution in [3.8, 4) is 5.75 Å². The Morgan fingerprint density at radius 2 is 1.57 bits per heavy atom. The second-order valence-electron chi connectivity index (χ2n) is 6.46. The van der Waals surface area contributed by atoms with Crippen LogP contribution in [0.15, 0.2) is 84.6 Å². The molecule has 0 spiro atoms.